The van der Waals surface area contributed by atoms with Gasteiger partial charge in [0.1, 0.15) is 5.76 Å². The zero-order chi connectivity index (χ0) is 22.7. The summed E-state index contributed by atoms with van der Waals surface area (Å²) in [7, 11) is 1.74. The number of aromatic nitrogens is 4. The van der Waals surface area contributed by atoms with Crippen LogP contribution < -0.4 is 11.3 Å². The minimum absolute atomic E-state index is 0.0410. The Kier molecular flexibility index (Phi) is 4.63. The monoisotopic (exact) mass is 461 g/mol. The third-order valence-corrected chi connectivity index (χ3v) is 7.54. The number of nitrogens with two attached hydrogens (primary N) is 1. The summed E-state index contributed by atoms with van der Waals surface area (Å²) in [6, 6.07) is 3.93. The molecule has 0 unspecified atom stereocenters. The van der Waals surface area contributed by atoms with Crippen LogP contribution in [0.3, 0.4) is 0 Å². The van der Waals surface area contributed by atoms with Gasteiger partial charge in [0.05, 0.1) is 18.3 Å². The first-order chi connectivity index (χ1) is 16.0. The molecule has 33 heavy (non-hydrogen) atoms. The summed E-state index contributed by atoms with van der Waals surface area (Å²) in [5.74, 6) is 1.02. The second-order valence-electron chi connectivity index (χ2n) is 8.73. The van der Waals surface area contributed by atoms with Crippen molar-refractivity contribution in [2.24, 2.45) is 7.05 Å². The third kappa shape index (κ3) is 3.35. The molecule has 1 fully saturated rings. The van der Waals surface area contributed by atoms with Crippen LogP contribution in [0, 0.1) is 0 Å². The summed E-state index contributed by atoms with van der Waals surface area (Å²) < 4.78 is 10.7. The Labute approximate surface area is 192 Å². The van der Waals surface area contributed by atoms with Gasteiger partial charge in [0.25, 0.3) is 5.56 Å². The van der Waals surface area contributed by atoms with E-state index in [-0.39, 0.29) is 11.7 Å². The molecule has 8 nitrogen and oxygen atoms in total. The molecule has 0 aliphatic heterocycles. The van der Waals surface area contributed by atoms with Gasteiger partial charge in [-0.3, -0.25) is 9.48 Å². The molecule has 0 aromatic carbocycles. The summed E-state index contributed by atoms with van der Waals surface area (Å²) in [6.45, 7) is 0. The minimum atomic E-state index is -0.197. The van der Waals surface area contributed by atoms with Gasteiger partial charge in [-0.2, -0.15) is 5.10 Å². The van der Waals surface area contributed by atoms with Crippen molar-refractivity contribution in [3.8, 4) is 22.5 Å². The molecule has 5 aromatic heterocycles. The number of aryl methyl sites for hydroxylation is 1. The van der Waals surface area contributed by atoms with Crippen molar-refractivity contribution in [3.05, 3.63) is 52.7 Å². The molecule has 0 bridgehead atoms. The molecule has 1 saturated carbocycles. The molecule has 1 aliphatic rings. The van der Waals surface area contributed by atoms with E-state index in [4.69, 9.17) is 10.2 Å². The first-order valence-electron chi connectivity index (χ1n) is 11.0. The molecule has 168 valence electrons. The molecule has 0 radical (unpaired) electrons. The summed E-state index contributed by atoms with van der Waals surface area (Å²) in [4.78, 5) is 16.4. The van der Waals surface area contributed by atoms with E-state index in [1.807, 2.05) is 34.7 Å². The molecule has 9 heteroatoms. The lowest BCUT2D eigenvalue weighted by Gasteiger charge is -2.25. The third-order valence-electron chi connectivity index (χ3n) is 6.59. The molecule has 1 aliphatic carbocycles. The Bertz CT molecular complexity index is 1550. The summed E-state index contributed by atoms with van der Waals surface area (Å²) in [6.07, 6.45) is 10.7. The molecule has 6 rings (SSSR count). The van der Waals surface area contributed by atoms with Gasteiger partial charge in [-0.25, -0.2) is 4.98 Å². The van der Waals surface area contributed by atoms with E-state index in [2.05, 4.69) is 10.1 Å². The highest BCUT2D eigenvalue weighted by Gasteiger charge is 2.23. The predicted molar refractivity (Wildman–Crippen MR) is 129 cm³/mol. The highest BCUT2D eigenvalue weighted by molar-refractivity contribution is 7.17. The molecule has 5 aromatic rings. The number of aliphatic hydroxyl groups is 1. The van der Waals surface area contributed by atoms with Gasteiger partial charge < -0.3 is 19.8 Å². The number of hydrogen-bond acceptors (Lipinski definition) is 7. The molecule has 5 heterocycles. The molecular weight excluding hydrogens is 438 g/mol. The van der Waals surface area contributed by atoms with E-state index in [9.17, 15) is 9.90 Å². The number of anilines is 1. The number of nitrogens with zero attached hydrogens (tertiary/aromatic N) is 4. The highest BCUT2D eigenvalue weighted by atomic mass is 32.1. The Balaban J connectivity index is 1.44. The van der Waals surface area contributed by atoms with Crippen LogP contribution in [0.15, 0.2) is 51.5 Å². The van der Waals surface area contributed by atoms with Crippen molar-refractivity contribution in [1.82, 2.24) is 19.3 Å². The number of thiophene rings is 1. The van der Waals surface area contributed by atoms with Crippen molar-refractivity contribution in [1.29, 1.82) is 0 Å². The van der Waals surface area contributed by atoms with E-state index in [1.165, 1.54) is 11.3 Å². The van der Waals surface area contributed by atoms with Gasteiger partial charge in [0, 0.05) is 69.2 Å². The normalized spacial score (nSPS) is 19.0. The summed E-state index contributed by atoms with van der Waals surface area (Å²) in [5, 5.41) is 18.2. The summed E-state index contributed by atoms with van der Waals surface area (Å²) in [5.41, 5.74) is 9.44. The van der Waals surface area contributed by atoms with Crippen LogP contribution in [0.1, 0.15) is 31.7 Å². The molecule has 0 amide bonds. The van der Waals surface area contributed by atoms with Gasteiger partial charge in [-0.1, -0.05) is 0 Å². The second-order valence-corrected chi connectivity index (χ2v) is 9.64. The van der Waals surface area contributed by atoms with Crippen LogP contribution in [-0.4, -0.2) is 30.5 Å². The fourth-order valence-corrected chi connectivity index (χ4v) is 5.64. The fourth-order valence-electron chi connectivity index (χ4n) is 4.70. The lowest BCUT2D eigenvalue weighted by atomic mass is 9.93. The lowest BCUT2D eigenvalue weighted by Crippen LogP contribution is -2.21. The Morgan fingerprint density at radius 2 is 1.94 bits per heavy atom. The topological polar surface area (TPSA) is 112 Å². The Morgan fingerprint density at radius 1 is 1.12 bits per heavy atom. The van der Waals surface area contributed by atoms with E-state index in [0.29, 0.717) is 23.2 Å². The standard InChI is InChI=1S/C24H23N5O3S/c1-28-11-18-19(12-33-21(18)7-22(28)31)20-6-16-17(9-26-24(25)23(16)32-20)13-8-27-29(10-13)14-2-4-15(30)5-3-14/h6-12,14-15,30H,2-5H2,1H3,(H2,25,26). The zero-order valence-electron chi connectivity index (χ0n) is 18.1. The SMILES string of the molecule is Cn1cc2c(-c3cc4c(-c5cnn(C6CCC(O)CC6)c5)cnc(N)c4o3)csc2cc1=O. The number of nitrogen functional groups attached to an aromatic ring is 1. The quantitative estimate of drug-likeness (QED) is 0.414. The predicted octanol–water partition coefficient (Wildman–Crippen LogP) is 4.33. The van der Waals surface area contributed by atoms with E-state index in [1.54, 1.807) is 23.9 Å². The average molecular weight is 462 g/mol. The molecule has 0 saturated heterocycles. The van der Waals surface area contributed by atoms with Crippen molar-refractivity contribution >= 4 is 38.2 Å². The van der Waals surface area contributed by atoms with Gasteiger partial charge in [0.15, 0.2) is 11.4 Å². The van der Waals surface area contributed by atoms with Crippen LogP contribution in [0.25, 0.3) is 43.5 Å². The fraction of sp³-hybridized carbons (Fsp3) is 0.292. The Hall–Kier alpha value is -3.43. The first kappa shape index (κ1) is 20.2. The Morgan fingerprint density at radius 3 is 2.76 bits per heavy atom. The molecule has 0 spiro atoms. The molecular formula is C24H23N5O3S. The smallest absolute Gasteiger partial charge is 0.251 e. The van der Waals surface area contributed by atoms with Crippen LogP contribution in [0.2, 0.25) is 0 Å². The van der Waals surface area contributed by atoms with Gasteiger partial charge in [-0.15, -0.1) is 11.3 Å². The lowest BCUT2D eigenvalue weighted by molar-refractivity contribution is 0.108. The van der Waals surface area contributed by atoms with Crippen LogP contribution >= 0.6 is 11.3 Å². The number of hydrogen-bond donors (Lipinski definition) is 2. The maximum atomic E-state index is 12.0. The van der Waals surface area contributed by atoms with Crippen LogP contribution in [0.5, 0.6) is 0 Å². The number of furan rings is 1. The van der Waals surface area contributed by atoms with Gasteiger partial charge in [0.2, 0.25) is 0 Å². The average Bonchev–Trinajstić information content (AvgIpc) is 3.54. The maximum absolute atomic E-state index is 12.0. The molecule has 0 atom stereocenters. The van der Waals surface area contributed by atoms with Crippen molar-refractivity contribution in [2.75, 3.05) is 5.73 Å². The largest absolute Gasteiger partial charge is 0.452 e. The zero-order valence-corrected chi connectivity index (χ0v) is 18.9. The van der Waals surface area contributed by atoms with Crippen molar-refractivity contribution in [2.45, 2.75) is 37.8 Å². The number of rotatable bonds is 3. The van der Waals surface area contributed by atoms with Crippen LogP contribution in [-0.2, 0) is 7.05 Å². The minimum Gasteiger partial charge on any atom is -0.452 e. The summed E-state index contributed by atoms with van der Waals surface area (Å²) >= 11 is 1.51. The van der Waals surface area contributed by atoms with Gasteiger partial charge >= 0.3 is 0 Å². The maximum Gasteiger partial charge on any atom is 0.251 e. The first-order valence-corrected chi connectivity index (χ1v) is 11.8. The van der Waals surface area contributed by atoms with Crippen molar-refractivity contribution < 1.29 is 9.52 Å². The molecule has 3 N–H and O–H groups in total. The van der Waals surface area contributed by atoms with Crippen molar-refractivity contribution in [3.63, 3.8) is 0 Å². The van der Waals surface area contributed by atoms with E-state index < -0.39 is 0 Å². The van der Waals surface area contributed by atoms with Crippen LogP contribution in [0.4, 0.5) is 5.82 Å². The van der Waals surface area contributed by atoms with Gasteiger partial charge in [-0.05, 0) is 31.7 Å². The number of pyridine rings is 2. The van der Waals surface area contributed by atoms with E-state index in [0.717, 1.165) is 57.8 Å². The second kappa shape index (κ2) is 7.57. The number of aliphatic hydroxyl groups excluding tert-OH is 1. The van der Waals surface area contributed by atoms with E-state index >= 15 is 0 Å². The number of fused-ring (bicyclic) bond motifs is 2. The highest BCUT2D eigenvalue weighted by Crippen LogP contribution is 2.40.